The van der Waals surface area contributed by atoms with E-state index in [0.717, 1.165) is 10.9 Å². The first kappa shape index (κ1) is 62.2. The van der Waals surface area contributed by atoms with Gasteiger partial charge in [0.05, 0.1) is 6.33 Å². The molecule has 4 aromatic rings. The molecule has 2 heterocycles. The number of thiol groups is 2. The number of nitrogens with zero attached hydrogens (tertiary/aromatic N) is 3. The molecule has 0 saturated heterocycles. The number of fused-ring (bicyclic) bond motifs is 1. The van der Waals surface area contributed by atoms with Crippen LogP contribution in [0.15, 0.2) is 83.3 Å². The van der Waals surface area contributed by atoms with Crippen molar-refractivity contribution >= 4 is 101 Å². The van der Waals surface area contributed by atoms with Gasteiger partial charge in [-0.25, -0.2) is 9.78 Å². The van der Waals surface area contributed by atoms with Crippen LogP contribution >= 0.6 is 25.3 Å². The van der Waals surface area contributed by atoms with Crippen LogP contribution in [-0.2, 0) is 62.4 Å². The Kier molecular flexibility index (Phi) is 25.2. The van der Waals surface area contributed by atoms with Gasteiger partial charge in [0.1, 0.15) is 48.3 Å². The van der Waals surface area contributed by atoms with Gasteiger partial charge in [-0.15, -0.1) is 0 Å². The van der Waals surface area contributed by atoms with E-state index in [4.69, 9.17) is 22.9 Å². The molecule has 422 valence electrons. The summed E-state index contributed by atoms with van der Waals surface area (Å²) in [6.07, 6.45) is 4.48. The van der Waals surface area contributed by atoms with Crippen molar-refractivity contribution in [2.75, 3.05) is 24.6 Å². The summed E-state index contributed by atoms with van der Waals surface area (Å²) in [5.41, 5.74) is 24.2. The molecule has 0 aliphatic heterocycles. The number of aromatic nitrogens is 3. The van der Waals surface area contributed by atoms with Gasteiger partial charge in [0.2, 0.25) is 47.3 Å². The number of carbonyl (C=O) groups excluding carboxylic acids is 8. The predicted molar refractivity (Wildman–Crippen MR) is 296 cm³/mol. The van der Waals surface area contributed by atoms with Gasteiger partial charge >= 0.3 is 5.97 Å². The molecule has 29 heteroatoms. The van der Waals surface area contributed by atoms with Crippen LogP contribution in [-0.4, -0.2) is 158 Å². The first-order valence-corrected chi connectivity index (χ1v) is 26.0. The fourth-order valence-electron chi connectivity index (χ4n) is 7.82. The van der Waals surface area contributed by atoms with Crippen LogP contribution in [0.3, 0.4) is 0 Å². The third kappa shape index (κ3) is 20.7. The largest absolute Gasteiger partial charge is 0.480 e. The summed E-state index contributed by atoms with van der Waals surface area (Å²) in [4.78, 5) is 140. The van der Waals surface area contributed by atoms with Gasteiger partial charge in [-0.2, -0.15) is 25.3 Å². The van der Waals surface area contributed by atoms with E-state index in [1.54, 1.807) is 42.6 Å². The van der Waals surface area contributed by atoms with E-state index in [2.05, 4.69) is 92.7 Å². The van der Waals surface area contributed by atoms with Crippen LogP contribution in [0.5, 0.6) is 0 Å². The van der Waals surface area contributed by atoms with E-state index < -0.39 is 102 Å². The molecule has 0 bridgehead atoms. The summed E-state index contributed by atoms with van der Waals surface area (Å²) in [6, 6.07) is 5.11. The van der Waals surface area contributed by atoms with Crippen molar-refractivity contribution in [3.8, 4) is 0 Å². The number of aromatic amines is 2. The second-order valence-electron chi connectivity index (χ2n) is 18.0. The van der Waals surface area contributed by atoms with Crippen LogP contribution in [0.4, 0.5) is 0 Å². The van der Waals surface area contributed by atoms with Crippen molar-refractivity contribution < 1.29 is 48.3 Å². The Morgan fingerprint density at radius 2 is 1.05 bits per heavy atom. The first-order valence-electron chi connectivity index (χ1n) is 24.7. The number of imidazole rings is 1. The van der Waals surface area contributed by atoms with E-state index in [1.807, 2.05) is 18.2 Å². The van der Waals surface area contributed by atoms with E-state index in [9.17, 15) is 48.3 Å². The summed E-state index contributed by atoms with van der Waals surface area (Å²) in [6.45, 7) is 2.76. The van der Waals surface area contributed by atoms with Crippen molar-refractivity contribution in [3.05, 3.63) is 90.1 Å². The van der Waals surface area contributed by atoms with Crippen molar-refractivity contribution in [3.63, 3.8) is 0 Å². The summed E-state index contributed by atoms with van der Waals surface area (Å²) in [5, 5.41) is 31.2. The number of carbonyl (C=O) groups is 9. The Morgan fingerprint density at radius 3 is 1.59 bits per heavy atom. The number of aliphatic carboxylic acids is 1. The average molecular weight is 1120 g/mol. The van der Waals surface area contributed by atoms with Gasteiger partial charge in [-0.1, -0.05) is 48.5 Å². The summed E-state index contributed by atoms with van der Waals surface area (Å²) < 4.78 is 0. The SMILES string of the molecule is CC(=O)N[C@@H](CCCN=C(N)N)C(=O)N[C@@H](CS)C(=O)N[C@H](C)C(=O)N[C@@H](Cc1cnc[nH]1)C(=O)N[C@H](Cc1ccccc1)C(=O)N[C@@H](CCCN=C(N)N)C(=O)N[C@@H](Cc1c[nH]c2ccccc12)C(=O)N[C@@H](CS)C(=O)O. The molecule has 19 N–H and O–H groups in total. The second kappa shape index (κ2) is 31.6. The number of nitrogens with one attached hydrogen (secondary N) is 10. The number of nitrogens with two attached hydrogens (primary N) is 4. The third-order valence-corrected chi connectivity index (χ3v) is 12.6. The van der Waals surface area contributed by atoms with Gasteiger partial charge in [0.25, 0.3) is 0 Å². The summed E-state index contributed by atoms with van der Waals surface area (Å²) in [7, 11) is 0. The van der Waals surface area contributed by atoms with Crippen LogP contribution in [0.1, 0.15) is 56.4 Å². The fraction of sp³-hybridized carbons (Fsp3) is 0.429. The zero-order valence-corrected chi connectivity index (χ0v) is 44.8. The highest BCUT2D eigenvalue weighted by molar-refractivity contribution is 7.80. The number of para-hydroxylation sites is 1. The average Bonchev–Trinajstić information content (AvgIpc) is 4.10. The number of aliphatic imine (C=N–C) groups is 2. The maximum absolute atomic E-state index is 14.6. The molecule has 0 aliphatic rings. The topological polar surface area (TPSA) is 443 Å². The van der Waals surface area contributed by atoms with E-state index in [-0.39, 0.29) is 75.0 Å². The number of rotatable bonds is 32. The lowest BCUT2D eigenvalue weighted by molar-refractivity contribution is -0.141. The Balaban J connectivity index is 1.59. The maximum atomic E-state index is 14.6. The lowest BCUT2D eigenvalue weighted by Gasteiger charge is -2.27. The molecular weight excluding hydrogens is 1050 g/mol. The minimum absolute atomic E-state index is 0.0350. The smallest absolute Gasteiger partial charge is 0.327 e. The molecule has 0 fully saturated rings. The van der Waals surface area contributed by atoms with Crippen LogP contribution in [0.25, 0.3) is 10.9 Å². The molecule has 0 saturated carbocycles. The third-order valence-electron chi connectivity index (χ3n) is 11.8. The zero-order chi connectivity index (χ0) is 57.3. The molecular formula is C49H69N17O10S2. The molecule has 0 aliphatic carbocycles. The van der Waals surface area contributed by atoms with Crippen molar-refractivity contribution in [2.24, 2.45) is 32.9 Å². The quantitative estimate of drug-likeness (QED) is 0.00996. The molecule has 8 amide bonds. The van der Waals surface area contributed by atoms with Gasteiger partial charge in [0.15, 0.2) is 11.9 Å². The molecule has 0 radical (unpaired) electrons. The lowest BCUT2D eigenvalue weighted by atomic mass is 10.0. The highest BCUT2D eigenvalue weighted by Crippen LogP contribution is 2.20. The molecule has 2 aromatic carbocycles. The second-order valence-corrected chi connectivity index (χ2v) is 18.7. The summed E-state index contributed by atoms with van der Waals surface area (Å²) in [5.74, 6) is -8.49. The van der Waals surface area contributed by atoms with Gasteiger partial charge in [-0.3, -0.25) is 48.3 Å². The Labute approximate surface area is 460 Å². The highest BCUT2D eigenvalue weighted by Gasteiger charge is 2.34. The molecule has 2 aromatic heterocycles. The number of guanidine groups is 2. The summed E-state index contributed by atoms with van der Waals surface area (Å²) >= 11 is 8.28. The molecule has 0 spiro atoms. The number of hydrogen-bond acceptors (Lipinski definition) is 14. The van der Waals surface area contributed by atoms with E-state index in [1.165, 1.54) is 26.4 Å². The standard InChI is InChI=1S/C49H69N17O10S2/c1-26(59-46(74)38(23-77)65-41(69)33(60-27(2)67)14-8-16-55-48(50)51)40(68)62-37(20-30-22-54-25-58-30)45(73)63-35(18-28-10-4-3-5-11-28)43(71)61-34(15-9-17-56-49(52)53)42(70)64-36(44(72)66-39(24-78)47(75)76)19-29-21-57-32-13-7-6-12-31(29)32/h3-7,10-13,21-22,25-26,33-39,57,77-78H,8-9,14-20,23-24H2,1-2H3,(H,54,58)(H,59,74)(H,60,67)(H,61,71)(H,62,68)(H,63,73)(H,64,70)(H,65,69)(H,66,72)(H,75,76)(H4,50,51,55)(H4,52,53,56)/t26-,33+,34+,35-,36+,37+,38+,39+/m1/s1. The van der Waals surface area contributed by atoms with E-state index in [0.29, 0.717) is 23.2 Å². The molecule has 4 rings (SSSR count). The monoisotopic (exact) mass is 1120 g/mol. The van der Waals surface area contributed by atoms with Crippen molar-refractivity contribution in [2.45, 2.75) is 107 Å². The number of benzene rings is 2. The van der Waals surface area contributed by atoms with Crippen molar-refractivity contribution in [1.29, 1.82) is 0 Å². The van der Waals surface area contributed by atoms with Gasteiger partial charge in [0, 0.05) is 79.8 Å². The van der Waals surface area contributed by atoms with Gasteiger partial charge < -0.3 is 80.5 Å². The zero-order valence-electron chi connectivity index (χ0n) is 43.0. The van der Waals surface area contributed by atoms with E-state index >= 15 is 0 Å². The number of carboxylic acids is 1. The Bertz CT molecular complexity index is 2740. The van der Waals surface area contributed by atoms with Crippen LogP contribution in [0, 0.1) is 0 Å². The molecule has 27 nitrogen and oxygen atoms in total. The number of amides is 8. The number of hydrogen-bond donors (Lipinski definition) is 17. The minimum Gasteiger partial charge on any atom is -0.480 e. The maximum Gasteiger partial charge on any atom is 0.327 e. The highest BCUT2D eigenvalue weighted by atomic mass is 32.1. The molecule has 8 atom stereocenters. The predicted octanol–water partition coefficient (Wildman–Crippen LogP) is -3.11. The Morgan fingerprint density at radius 1 is 0.577 bits per heavy atom. The lowest BCUT2D eigenvalue weighted by Crippen LogP contribution is -2.60. The van der Waals surface area contributed by atoms with Crippen LogP contribution in [0.2, 0.25) is 0 Å². The van der Waals surface area contributed by atoms with Crippen molar-refractivity contribution in [1.82, 2.24) is 57.5 Å². The molecule has 0 unspecified atom stereocenters. The fourth-order valence-corrected chi connectivity index (χ4v) is 8.33. The van der Waals surface area contributed by atoms with Crippen LogP contribution < -0.4 is 65.5 Å². The molecule has 78 heavy (non-hydrogen) atoms. The number of H-pyrrole nitrogens is 2. The normalized spacial score (nSPS) is 14.0. The minimum atomic E-state index is -1.42. The Hall–Kier alpha value is -8.34. The van der Waals surface area contributed by atoms with Gasteiger partial charge in [-0.05, 0) is 49.8 Å². The first-order chi connectivity index (χ1) is 37.2. The number of carboxylic acid groups (broad SMARTS) is 1.